The molecular weight excluding hydrogens is 426 g/mol. The highest BCUT2D eigenvalue weighted by molar-refractivity contribution is 5.91. The molecule has 6 heteroatoms. The lowest BCUT2D eigenvalue weighted by atomic mass is 10.1. The van der Waals surface area contributed by atoms with Crippen molar-refractivity contribution in [1.29, 1.82) is 0 Å². The number of hydrogen-bond acceptors (Lipinski definition) is 4. The summed E-state index contributed by atoms with van der Waals surface area (Å²) in [6, 6.07) is 29.3. The Hall–Kier alpha value is -4.32. The minimum absolute atomic E-state index is 0.129. The average molecular weight is 452 g/mol. The zero-order valence-electron chi connectivity index (χ0n) is 18.9. The van der Waals surface area contributed by atoms with E-state index in [9.17, 15) is 4.79 Å². The van der Waals surface area contributed by atoms with Crippen molar-refractivity contribution in [2.75, 3.05) is 11.9 Å². The Morgan fingerprint density at radius 3 is 2.41 bits per heavy atom. The van der Waals surface area contributed by atoms with Gasteiger partial charge in [0.15, 0.2) is 0 Å². The lowest BCUT2D eigenvalue weighted by molar-refractivity contribution is -0.116. The molecule has 5 aromatic rings. The van der Waals surface area contributed by atoms with E-state index in [-0.39, 0.29) is 19.1 Å². The second-order valence-corrected chi connectivity index (χ2v) is 7.91. The van der Waals surface area contributed by atoms with E-state index < -0.39 is 0 Å². The van der Waals surface area contributed by atoms with Gasteiger partial charge in [-0.05, 0) is 66.2 Å². The molecule has 0 radical (unpaired) electrons. The first kappa shape index (κ1) is 21.5. The van der Waals surface area contributed by atoms with Gasteiger partial charge >= 0.3 is 0 Å². The number of carbonyl (C=O) groups excluding carboxylic acids is 1. The Kier molecular flexibility index (Phi) is 6.12. The third kappa shape index (κ3) is 4.71. The Bertz CT molecular complexity index is 1440. The number of nitrogens with zero attached hydrogens (tertiary/aromatic N) is 2. The number of ether oxygens (including phenoxy) is 2. The number of rotatable bonds is 8. The highest BCUT2D eigenvalue weighted by Gasteiger charge is 2.15. The molecule has 1 amide bonds. The van der Waals surface area contributed by atoms with Gasteiger partial charge in [-0.1, -0.05) is 42.5 Å². The Labute approximate surface area is 197 Å². The van der Waals surface area contributed by atoms with Gasteiger partial charge in [-0.25, -0.2) is 4.98 Å². The van der Waals surface area contributed by atoms with Gasteiger partial charge in [0.1, 0.15) is 30.5 Å². The van der Waals surface area contributed by atoms with Crippen LogP contribution in [0.1, 0.15) is 12.7 Å². The summed E-state index contributed by atoms with van der Waals surface area (Å²) in [4.78, 5) is 17.6. The summed E-state index contributed by atoms with van der Waals surface area (Å²) in [7, 11) is 0. The topological polar surface area (TPSA) is 65.4 Å². The second-order valence-electron chi connectivity index (χ2n) is 7.91. The number of nitrogens with one attached hydrogen (secondary N) is 1. The monoisotopic (exact) mass is 451 g/mol. The zero-order valence-corrected chi connectivity index (χ0v) is 18.9. The van der Waals surface area contributed by atoms with Crippen LogP contribution in [-0.4, -0.2) is 22.1 Å². The molecule has 0 unspecified atom stereocenters. The van der Waals surface area contributed by atoms with Crippen molar-refractivity contribution in [3.8, 4) is 11.5 Å². The van der Waals surface area contributed by atoms with Crippen LogP contribution in [0.4, 0.5) is 5.69 Å². The van der Waals surface area contributed by atoms with E-state index in [1.807, 2.05) is 90.4 Å². The predicted molar refractivity (Wildman–Crippen MR) is 134 cm³/mol. The number of imidazole rings is 1. The predicted octanol–water partition coefficient (Wildman–Crippen LogP) is 5.81. The molecule has 0 atom stereocenters. The third-order valence-corrected chi connectivity index (χ3v) is 5.57. The van der Waals surface area contributed by atoms with E-state index in [4.69, 9.17) is 14.5 Å². The molecule has 0 aliphatic heterocycles. The molecule has 0 bridgehead atoms. The van der Waals surface area contributed by atoms with Crippen molar-refractivity contribution in [2.24, 2.45) is 0 Å². The minimum atomic E-state index is -0.140. The Morgan fingerprint density at radius 1 is 0.853 bits per heavy atom. The molecule has 0 fully saturated rings. The molecule has 6 nitrogen and oxygen atoms in total. The molecule has 0 aliphatic rings. The third-order valence-electron chi connectivity index (χ3n) is 5.57. The summed E-state index contributed by atoms with van der Waals surface area (Å²) < 4.78 is 13.4. The van der Waals surface area contributed by atoms with Crippen LogP contribution >= 0.6 is 0 Å². The van der Waals surface area contributed by atoms with Gasteiger partial charge in [0.25, 0.3) is 0 Å². The largest absolute Gasteiger partial charge is 0.494 e. The maximum atomic E-state index is 12.9. The van der Waals surface area contributed by atoms with Crippen molar-refractivity contribution in [1.82, 2.24) is 9.55 Å². The fourth-order valence-corrected chi connectivity index (χ4v) is 3.96. The molecule has 4 aromatic carbocycles. The standard InChI is InChI=1S/C28H25N3O3/c1-2-33-23-15-12-22(13-16-23)29-28(32)18-31-26-10-6-5-9-25(26)30-27(31)19-34-24-14-11-20-7-3-4-8-21(20)17-24/h3-17H,2,18-19H2,1H3,(H,29,32). The molecule has 1 aromatic heterocycles. The number of hydrogen-bond donors (Lipinski definition) is 1. The highest BCUT2D eigenvalue weighted by Crippen LogP contribution is 2.23. The van der Waals surface area contributed by atoms with E-state index in [0.29, 0.717) is 18.1 Å². The average Bonchev–Trinajstić information content (AvgIpc) is 3.21. The number of fused-ring (bicyclic) bond motifs is 2. The number of anilines is 1. The summed E-state index contributed by atoms with van der Waals surface area (Å²) in [6.07, 6.45) is 0. The fourth-order valence-electron chi connectivity index (χ4n) is 3.96. The maximum absolute atomic E-state index is 12.9. The molecule has 170 valence electrons. The summed E-state index contributed by atoms with van der Waals surface area (Å²) in [6.45, 7) is 2.92. The second kappa shape index (κ2) is 9.67. The van der Waals surface area contributed by atoms with E-state index in [0.717, 1.165) is 33.3 Å². The van der Waals surface area contributed by atoms with Crippen LogP contribution in [0.2, 0.25) is 0 Å². The molecule has 1 N–H and O–H groups in total. The Morgan fingerprint density at radius 2 is 1.59 bits per heavy atom. The molecule has 0 saturated carbocycles. The highest BCUT2D eigenvalue weighted by atomic mass is 16.5. The van der Waals surface area contributed by atoms with Crippen molar-refractivity contribution >= 4 is 33.4 Å². The Balaban J connectivity index is 1.34. The van der Waals surface area contributed by atoms with Gasteiger partial charge in [-0.15, -0.1) is 0 Å². The molecule has 0 spiro atoms. The van der Waals surface area contributed by atoms with Gasteiger partial charge in [-0.3, -0.25) is 4.79 Å². The van der Waals surface area contributed by atoms with E-state index in [1.54, 1.807) is 0 Å². The first-order valence-corrected chi connectivity index (χ1v) is 11.3. The molecule has 34 heavy (non-hydrogen) atoms. The lowest BCUT2D eigenvalue weighted by Gasteiger charge is -2.12. The summed E-state index contributed by atoms with van der Waals surface area (Å²) in [5.41, 5.74) is 2.43. The first-order valence-electron chi connectivity index (χ1n) is 11.3. The summed E-state index contributed by atoms with van der Waals surface area (Å²) >= 11 is 0. The number of carbonyl (C=O) groups is 1. The van der Waals surface area contributed by atoms with Gasteiger partial charge < -0.3 is 19.4 Å². The molecular formula is C28H25N3O3. The van der Waals surface area contributed by atoms with Crippen LogP contribution in [0, 0.1) is 0 Å². The lowest BCUT2D eigenvalue weighted by Crippen LogP contribution is -2.20. The van der Waals surface area contributed by atoms with E-state index in [2.05, 4.69) is 17.4 Å². The normalized spacial score (nSPS) is 11.0. The molecule has 5 rings (SSSR count). The SMILES string of the molecule is CCOc1ccc(NC(=O)Cn2c(COc3ccc4ccccc4c3)nc3ccccc32)cc1. The fraction of sp³-hybridized carbons (Fsp3) is 0.143. The first-order chi connectivity index (χ1) is 16.7. The van der Waals surface area contributed by atoms with Crippen molar-refractivity contribution in [2.45, 2.75) is 20.1 Å². The van der Waals surface area contributed by atoms with E-state index >= 15 is 0 Å². The zero-order chi connectivity index (χ0) is 23.3. The van der Waals surface area contributed by atoms with Gasteiger partial charge in [-0.2, -0.15) is 0 Å². The smallest absolute Gasteiger partial charge is 0.244 e. The van der Waals surface area contributed by atoms with Gasteiger partial charge in [0.2, 0.25) is 5.91 Å². The van der Waals surface area contributed by atoms with Crippen LogP contribution in [0.15, 0.2) is 91.0 Å². The van der Waals surface area contributed by atoms with Crippen LogP contribution < -0.4 is 14.8 Å². The minimum Gasteiger partial charge on any atom is -0.494 e. The van der Waals surface area contributed by atoms with E-state index in [1.165, 1.54) is 0 Å². The van der Waals surface area contributed by atoms with Crippen LogP contribution in [0.3, 0.4) is 0 Å². The van der Waals surface area contributed by atoms with Crippen LogP contribution in [0.5, 0.6) is 11.5 Å². The van der Waals surface area contributed by atoms with Crippen molar-refractivity contribution < 1.29 is 14.3 Å². The number of benzene rings is 4. The van der Waals surface area contributed by atoms with Gasteiger partial charge in [0.05, 0.1) is 17.6 Å². The molecule has 0 aliphatic carbocycles. The van der Waals surface area contributed by atoms with Crippen molar-refractivity contribution in [3.63, 3.8) is 0 Å². The van der Waals surface area contributed by atoms with Gasteiger partial charge in [0, 0.05) is 5.69 Å². The van der Waals surface area contributed by atoms with Crippen molar-refractivity contribution in [3.05, 3.63) is 96.8 Å². The molecule has 0 saturated heterocycles. The number of aromatic nitrogens is 2. The van der Waals surface area contributed by atoms with Crippen LogP contribution in [0.25, 0.3) is 21.8 Å². The molecule has 1 heterocycles. The number of para-hydroxylation sites is 2. The summed E-state index contributed by atoms with van der Waals surface area (Å²) in [5, 5.41) is 5.23. The number of amides is 1. The summed E-state index contributed by atoms with van der Waals surface area (Å²) in [5.74, 6) is 2.08. The maximum Gasteiger partial charge on any atom is 0.244 e. The quantitative estimate of drug-likeness (QED) is 0.324. The van der Waals surface area contributed by atoms with Crippen LogP contribution in [-0.2, 0) is 17.9 Å².